The maximum atomic E-state index is 11.0. The average molecular weight is 250 g/mol. The number of aliphatic hydroxyl groups is 1. The molecule has 18 heavy (non-hydrogen) atoms. The molecular formula is C14H18O4. The van der Waals surface area contributed by atoms with E-state index in [4.69, 9.17) is 14.6 Å². The smallest absolute Gasteiger partial charge is 0.330 e. The molecular weight excluding hydrogens is 232 g/mol. The summed E-state index contributed by atoms with van der Waals surface area (Å²) in [7, 11) is 0. The van der Waals surface area contributed by atoms with Crippen LogP contribution in [0, 0.1) is 5.92 Å². The number of para-hydroxylation sites is 1. The highest BCUT2D eigenvalue weighted by atomic mass is 16.5. The second-order valence-electron chi connectivity index (χ2n) is 3.84. The van der Waals surface area contributed by atoms with Gasteiger partial charge in [-0.1, -0.05) is 24.8 Å². The number of rotatable bonds is 8. The van der Waals surface area contributed by atoms with Gasteiger partial charge in [0.15, 0.2) is 0 Å². The van der Waals surface area contributed by atoms with Crippen molar-refractivity contribution in [1.29, 1.82) is 0 Å². The van der Waals surface area contributed by atoms with Gasteiger partial charge in [0.25, 0.3) is 0 Å². The van der Waals surface area contributed by atoms with Crippen molar-refractivity contribution >= 4 is 5.97 Å². The zero-order valence-electron chi connectivity index (χ0n) is 10.2. The van der Waals surface area contributed by atoms with Gasteiger partial charge in [-0.3, -0.25) is 0 Å². The van der Waals surface area contributed by atoms with Gasteiger partial charge in [-0.05, 0) is 18.6 Å². The minimum atomic E-state index is -0.461. The predicted molar refractivity (Wildman–Crippen MR) is 68.3 cm³/mol. The Bertz CT molecular complexity index is 361. The van der Waals surface area contributed by atoms with Crippen molar-refractivity contribution in [2.45, 2.75) is 6.42 Å². The molecule has 1 unspecified atom stereocenters. The molecule has 98 valence electrons. The number of aliphatic hydroxyl groups excluding tert-OH is 1. The maximum absolute atomic E-state index is 11.0. The number of hydrogen-bond acceptors (Lipinski definition) is 4. The molecule has 4 nitrogen and oxygen atoms in total. The third-order valence-electron chi connectivity index (χ3n) is 2.39. The van der Waals surface area contributed by atoms with Crippen molar-refractivity contribution in [3.05, 3.63) is 43.0 Å². The summed E-state index contributed by atoms with van der Waals surface area (Å²) in [5, 5.41) is 8.94. The molecule has 1 atom stereocenters. The van der Waals surface area contributed by atoms with Gasteiger partial charge in [0.1, 0.15) is 5.75 Å². The summed E-state index contributed by atoms with van der Waals surface area (Å²) < 4.78 is 10.5. The van der Waals surface area contributed by atoms with E-state index < -0.39 is 5.97 Å². The van der Waals surface area contributed by atoms with Crippen molar-refractivity contribution in [2.24, 2.45) is 5.92 Å². The highest BCUT2D eigenvalue weighted by molar-refractivity contribution is 5.81. The molecule has 1 aromatic carbocycles. The first-order chi connectivity index (χ1) is 8.76. The molecule has 0 amide bonds. The van der Waals surface area contributed by atoms with Crippen LogP contribution in [0.3, 0.4) is 0 Å². The van der Waals surface area contributed by atoms with Crippen molar-refractivity contribution < 1.29 is 19.4 Å². The standard InChI is InChI=1S/C14H18O4/c1-2-14(16)18-11-12(8-9-15)10-17-13-6-4-3-5-7-13/h2-7,12,15H,1,8-11H2. The van der Waals surface area contributed by atoms with E-state index in [2.05, 4.69) is 6.58 Å². The lowest BCUT2D eigenvalue weighted by Gasteiger charge is -2.16. The monoisotopic (exact) mass is 250 g/mol. The van der Waals surface area contributed by atoms with Crippen molar-refractivity contribution in [1.82, 2.24) is 0 Å². The van der Waals surface area contributed by atoms with Crippen molar-refractivity contribution in [2.75, 3.05) is 19.8 Å². The van der Waals surface area contributed by atoms with Gasteiger partial charge in [-0.25, -0.2) is 4.79 Å². The van der Waals surface area contributed by atoms with E-state index in [0.29, 0.717) is 13.0 Å². The molecule has 0 saturated carbocycles. The van der Waals surface area contributed by atoms with Crippen LogP contribution in [0.25, 0.3) is 0 Å². The summed E-state index contributed by atoms with van der Waals surface area (Å²) in [6.07, 6.45) is 1.64. The van der Waals surface area contributed by atoms with Gasteiger partial charge in [0.05, 0.1) is 13.2 Å². The largest absolute Gasteiger partial charge is 0.493 e. The molecule has 0 fully saturated rings. The van der Waals surface area contributed by atoms with Gasteiger partial charge >= 0.3 is 5.97 Å². The Labute approximate surface area is 107 Å². The normalized spacial score (nSPS) is 11.6. The van der Waals surface area contributed by atoms with Gasteiger partial charge in [0, 0.05) is 18.6 Å². The summed E-state index contributed by atoms with van der Waals surface area (Å²) >= 11 is 0. The first kappa shape index (κ1) is 14.3. The lowest BCUT2D eigenvalue weighted by atomic mass is 10.1. The SMILES string of the molecule is C=CC(=O)OCC(CCO)COc1ccccc1. The molecule has 0 spiro atoms. The molecule has 0 aromatic heterocycles. The first-order valence-corrected chi connectivity index (χ1v) is 5.84. The fourth-order valence-corrected chi connectivity index (χ4v) is 1.39. The highest BCUT2D eigenvalue weighted by Crippen LogP contribution is 2.12. The summed E-state index contributed by atoms with van der Waals surface area (Å²) in [6.45, 7) is 3.98. The Morgan fingerprint density at radius 2 is 2.06 bits per heavy atom. The number of benzene rings is 1. The lowest BCUT2D eigenvalue weighted by molar-refractivity contribution is -0.139. The van der Waals surface area contributed by atoms with E-state index in [0.717, 1.165) is 11.8 Å². The zero-order chi connectivity index (χ0) is 13.2. The quantitative estimate of drug-likeness (QED) is 0.564. The molecule has 4 heteroatoms. The Kier molecular flexibility index (Phi) is 6.58. The second kappa shape index (κ2) is 8.31. The number of esters is 1. The van der Waals surface area contributed by atoms with Crippen LogP contribution in [0.2, 0.25) is 0 Å². The summed E-state index contributed by atoms with van der Waals surface area (Å²) in [5.74, 6) is 0.271. The summed E-state index contributed by atoms with van der Waals surface area (Å²) in [5.41, 5.74) is 0. The van der Waals surface area contributed by atoms with Crippen LogP contribution < -0.4 is 4.74 Å². The number of carbonyl (C=O) groups is 1. The van der Waals surface area contributed by atoms with Gasteiger partial charge in [-0.15, -0.1) is 0 Å². The molecule has 0 aliphatic heterocycles. The minimum absolute atomic E-state index is 0.0286. The van der Waals surface area contributed by atoms with E-state index in [1.54, 1.807) is 0 Å². The summed E-state index contributed by atoms with van der Waals surface area (Å²) in [4.78, 5) is 11.0. The van der Waals surface area contributed by atoms with Gasteiger partial charge in [-0.2, -0.15) is 0 Å². The Morgan fingerprint density at radius 1 is 1.33 bits per heavy atom. The third-order valence-corrected chi connectivity index (χ3v) is 2.39. The van der Waals surface area contributed by atoms with E-state index in [1.165, 1.54) is 0 Å². The topological polar surface area (TPSA) is 55.8 Å². The zero-order valence-corrected chi connectivity index (χ0v) is 10.2. The predicted octanol–water partition coefficient (Wildman–Crippen LogP) is 1.79. The first-order valence-electron chi connectivity index (χ1n) is 5.84. The Hall–Kier alpha value is -1.81. The van der Waals surface area contributed by atoms with Crippen LogP contribution in [-0.2, 0) is 9.53 Å². The Morgan fingerprint density at radius 3 is 2.67 bits per heavy atom. The van der Waals surface area contributed by atoms with Gasteiger partial charge < -0.3 is 14.6 Å². The second-order valence-corrected chi connectivity index (χ2v) is 3.84. The molecule has 1 aromatic rings. The molecule has 1 rings (SSSR count). The summed E-state index contributed by atoms with van der Waals surface area (Å²) in [6, 6.07) is 9.38. The molecule has 0 bridgehead atoms. The number of carbonyl (C=O) groups excluding carboxylic acids is 1. The van der Waals surface area contributed by atoms with E-state index in [1.807, 2.05) is 30.3 Å². The van der Waals surface area contributed by atoms with E-state index >= 15 is 0 Å². The van der Waals surface area contributed by atoms with E-state index in [9.17, 15) is 4.79 Å². The maximum Gasteiger partial charge on any atom is 0.330 e. The molecule has 1 N–H and O–H groups in total. The van der Waals surface area contributed by atoms with E-state index in [-0.39, 0.29) is 19.1 Å². The van der Waals surface area contributed by atoms with Gasteiger partial charge in [0.2, 0.25) is 0 Å². The molecule has 0 radical (unpaired) electrons. The Balaban J connectivity index is 2.37. The number of ether oxygens (including phenoxy) is 2. The van der Waals surface area contributed by atoms with Crippen molar-refractivity contribution in [3.8, 4) is 5.75 Å². The van der Waals surface area contributed by atoms with Crippen LogP contribution in [0.1, 0.15) is 6.42 Å². The molecule has 0 saturated heterocycles. The molecule has 0 aliphatic carbocycles. The molecule has 0 aliphatic rings. The highest BCUT2D eigenvalue weighted by Gasteiger charge is 2.11. The molecule has 0 heterocycles. The van der Waals surface area contributed by atoms with Crippen LogP contribution in [0.5, 0.6) is 5.75 Å². The van der Waals surface area contributed by atoms with Crippen LogP contribution in [-0.4, -0.2) is 30.9 Å². The van der Waals surface area contributed by atoms with Crippen molar-refractivity contribution in [3.63, 3.8) is 0 Å². The fraction of sp³-hybridized carbons (Fsp3) is 0.357. The van der Waals surface area contributed by atoms with Crippen LogP contribution in [0.15, 0.2) is 43.0 Å². The number of hydrogen-bond donors (Lipinski definition) is 1. The minimum Gasteiger partial charge on any atom is -0.493 e. The fourth-order valence-electron chi connectivity index (χ4n) is 1.39. The van der Waals surface area contributed by atoms with Crippen LogP contribution in [0.4, 0.5) is 0 Å². The van der Waals surface area contributed by atoms with Crippen LogP contribution >= 0.6 is 0 Å². The third kappa shape index (κ3) is 5.50. The lowest BCUT2D eigenvalue weighted by Crippen LogP contribution is -2.21. The average Bonchev–Trinajstić information content (AvgIpc) is 2.42.